The minimum Gasteiger partial charge on any atom is -0.147 e. The summed E-state index contributed by atoms with van der Waals surface area (Å²) < 4.78 is 0.293. The van der Waals surface area contributed by atoms with Crippen LogP contribution in [0, 0.1) is 23.7 Å². The Morgan fingerprint density at radius 1 is 0.947 bits per heavy atom. The van der Waals surface area contributed by atoms with Crippen LogP contribution in [0.4, 0.5) is 0 Å². The van der Waals surface area contributed by atoms with Crippen LogP contribution in [0.2, 0.25) is 3.72 Å². The standard InChI is InChI=1S/C15H23.3ClH.Ti/c1-8-7-9(2)15-13(6)11(4)10(3)12(5)14(8)15;;;;/h7,10-13H,1-6H3;3*1H;. The largest absolute Gasteiger partial charge is 0.147 e. The van der Waals surface area contributed by atoms with E-state index < -0.39 is 0 Å². The quantitative estimate of drug-likeness (QED) is 0.480. The molecule has 0 N–H and O–H groups in total. The van der Waals surface area contributed by atoms with E-state index in [1.807, 2.05) is 0 Å². The molecule has 2 aliphatic rings. The second-order valence-electron chi connectivity index (χ2n) is 6.15. The molecule has 0 amide bonds. The molecule has 0 aromatic rings. The van der Waals surface area contributed by atoms with E-state index >= 15 is 0 Å². The Morgan fingerprint density at radius 2 is 1.37 bits per heavy atom. The molecule has 0 bridgehead atoms. The predicted molar refractivity (Wildman–Crippen MR) is 87.6 cm³/mol. The Balaban J connectivity index is 0. The minimum atomic E-state index is 0. The van der Waals surface area contributed by atoms with Crippen LogP contribution < -0.4 is 0 Å². The second kappa shape index (κ2) is 7.36. The van der Waals surface area contributed by atoms with Crippen molar-refractivity contribution in [3.8, 4) is 0 Å². The first kappa shape index (κ1) is 22.3. The molecule has 2 rings (SSSR count). The van der Waals surface area contributed by atoms with Crippen LogP contribution >= 0.6 is 37.2 Å². The number of allylic oxidation sites excluding steroid dienone is 4. The van der Waals surface area contributed by atoms with Gasteiger partial charge in [-0.3, -0.25) is 0 Å². The van der Waals surface area contributed by atoms with Crippen LogP contribution in [-0.4, -0.2) is 0 Å². The molecule has 0 fully saturated rings. The van der Waals surface area contributed by atoms with Gasteiger partial charge in [0.25, 0.3) is 0 Å². The van der Waals surface area contributed by atoms with E-state index in [1.165, 1.54) is 5.57 Å². The predicted octanol–water partition coefficient (Wildman–Crippen LogP) is 5.79. The first-order valence-corrected chi connectivity index (χ1v) is 7.24. The number of rotatable bonds is 0. The SMILES string of the molecule is CC1=C[C](C)([Ti])C2=C1C(C)C(C)C(C)C2C.Cl.Cl.Cl. The van der Waals surface area contributed by atoms with Crippen LogP contribution in [0.15, 0.2) is 22.8 Å². The zero-order valence-corrected chi connectivity index (χ0v) is 16.6. The zero-order valence-electron chi connectivity index (χ0n) is 12.6. The van der Waals surface area contributed by atoms with E-state index in [9.17, 15) is 0 Å². The molecule has 19 heavy (non-hydrogen) atoms. The fraction of sp³-hybridized carbons (Fsp3) is 0.733. The summed E-state index contributed by atoms with van der Waals surface area (Å²) in [5, 5.41) is 0. The van der Waals surface area contributed by atoms with Crippen molar-refractivity contribution in [3.63, 3.8) is 0 Å². The maximum atomic E-state index is 2.48. The summed E-state index contributed by atoms with van der Waals surface area (Å²) in [6.07, 6.45) is 2.48. The normalized spacial score (nSPS) is 40.4. The summed E-state index contributed by atoms with van der Waals surface area (Å²) in [6.45, 7) is 14.4. The average molecular weight is 361 g/mol. The van der Waals surface area contributed by atoms with Gasteiger partial charge in [-0.2, -0.15) is 0 Å². The maximum Gasteiger partial charge on any atom is -0.147 e. The maximum absolute atomic E-state index is 2.48. The molecule has 0 aliphatic heterocycles. The Bertz CT molecular complexity index is 385. The van der Waals surface area contributed by atoms with Crippen LogP contribution in [0.3, 0.4) is 0 Å². The van der Waals surface area contributed by atoms with Gasteiger partial charge >= 0.3 is 112 Å². The van der Waals surface area contributed by atoms with Gasteiger partial charge in [0.15, 0.2) is 0 Å². The molecule has 0 saturated carbocycles. The first-order chi connectivity index (χ1) is 7.27. The molecular weight excluding hydrogens is 334 g/mol. The third-order valence-electron chi connectivity index (χ3n) is 5.10. The van der Waals surface area contributed by atoms with Gasteiger partial charge in [-0.25, -0.2) is 0 Å². The molecule has 0 radical (unpaired) electrons. The Labute approximate surface area is 148 Å². The van der Waals surface area contributed by atoms with E-state index in [0.717, 1.165) is 23.7 Å². The molecule has 111 valence electrons. The van der Waals surface area contributed by atoms with Crippen LogP contribution in [-0.2, 0) is 20.4 Å². The van der Waals surface area contributed by atoms with Gasteiger partial charge in [-0.05, 0) is 0 Å². The number of hydrogen-bond acceptors (Lipinski definition) is 0. The fourth-order valence-electron chi connectivity index (χ4n) is 3.84. The minimum absolute atomic E-state index is 0. The third kappa shape index (κ3) is 3.46. The molecule has 0 saturated heterocycles. The van der Waals surface area contributed by atoms with Crippen LogP contribution in [0.1, 0.15) is 41.5 Å². The average Bonchev–Trinajstić information content (AvgIpc) is 2.42. The van der Waals surface area contributed by atoms with E-state index in [4.69, 9.17) is 0 Å². The van der Waals surface area contributed by atoms with E-state index in [2.05, 4.69) is 68.1 Å². The molecule has 0 spiro atoms. The van der Waals surface area contributed by atoms with Crippen molar-refractivity contribution in [1.82, 2.24) is 0 Å². The number of hydrogen-bond donors (Lipinski definition) is 0. The first-order valence-electron chi connectivity index (χ1n) is 6.46. The second-order valence-corrected chi connectivity index (χ2v) is 7.77. The smallest absolute Gasteiger partial charge is 0.147 e. The Kier molecular flexibility index (Phi) is 8.66. The van der Waals surface area contributed by atoms with Crippen molar-refractivity contribution in [2.75, 3.05) is 0 Å². The van der Waals surface area contributed by atoms with Crippen molar-refractivity contribution in [1.29, 1.82) is 0 Å². The summed E-state index contributed by atoms with van der Waals surface area (Å²) in [5.41, 5.74) is 4.95. The summed E-state index contributed by atoms with van der Waals surface area (Å²) in [7, 11) is 0. The van der Waals surface area contributed by atoms with Gasteiger partial charge in [0.05, 0.1) is 0 Å². The Hall–Kier alpha value is 1.06. The molecule has 5 atom stereocenters. The van der Waals surface area contributed by atoms with Crippen LogP contribution in [0.5, 0.6) is 0 Å². The fourth-order valence-corrected chi connectivity index (χ4v) is 4.74. The third-order valence-corrected chi connectivity index (χ3v) is 5.74. The summed E-state index contributed by atoms with van der Waals surface area (Å²) in [6, 6.07) is 0. The molecule has 4 heteroatoms. The summed E-state index contributed by atoms with van der Waals surface area (Å²) in [4.78, 5) is 0. The van der Waals surface area contributed by atoms with Crippen molar-refractivity contribution in [2.24, 2.45) is 23.7 Å². The van der Waals surface area contributed by atoms with Gasteiger partial charge in [-0.15, -0.1) is 37.2 Å². The van der Waals surface area contributed by atoms with E-state index in [-0.39, 0.29) is 37.2 Å². The molecule has 0 aromatic carbocycles. The van der Waals surface area contributed by atoms with Crippen molar-refractivity contribution in [2.45, 2.75) is 45.3 Å². The van der Waals surface area contributed by atoms with E-state index in [1.54, 1.807) is 11.1 Å². The molecule has 0 heterocycles. The Morgan fingerprint density at radius 3 is 1.84 bits per heavy atom. The topological polar surface area (TPSA) is 0 Å². The molecular formula is C15H26Cl3Ti. The van der Waals surface area contributed by atoms with Gasteiger partial charge in [0.1, 0.15) is 0 Å². The monoisotopic (exact) mass is 359 g/mol. The van der Waals surface area contributed by atoms with Crippen molar-refractivity contribution < 1.29 is 20.4 Å². The zero-order chi connectivity index (χ0) is 12.2. The summed E-state index contributed by atoms with van der Waals surface area (Å²) in [5.74, 6) is 3.10. The van der Waals surface area contributed by atoms with Gasteiger partial charge in [0.2, 0.25) is 0 Å². The van der Waals surface area contributed by atoms with Gasteiger partial charge in [0, 0.05) is 0 Å². The van der Waals surface area contributed by atoms with Crippen LogP contribution in [0.25, 0.3) is 0 Å². The molecule has 2 aliphatic carbocycles. The van der Waals surface area contributed by atoms with Gasteiger partial charge in [-0.1, -0.05) is 0 Å². The molecule has 5 unspecified atom stereocenters. The number of halogens is 3. The van der Waals surface area contributed by atoms with Gasteiger partial charge < -0.3 is 0 Å². The summed E-state index contributed by atoms with van der Waals surface area (Å²) >= 11 is 2.38. The molecule has 0 nitrogen and oxygen atoms in total. The molecule has 0 aromatic heterocycles. The van der Waals surface area contributed by atoms with Crippen molar-refractivity contribution >= 4 is 37.2 Å². The van der Waals surface area contributed by atoms with E-state index in [0.29, 0.717) is 3.72 Å². The van der Waals surface area contributed by atoms with Crippen molar-refractivity contribution in [3.05, 3.63) is 22.8 Å².